The van der Waals surface area contributed by atoms with Gasteiger partial charge in [-0.15, -0.1) is 0 Å². The Balaban J connectivity index is 2.82. The Hall–Kier alpha value is -0.270. The predicted molar refractivity (Wildman–Crippen MR) is 34.9 cm³/mol. The molecule has 0 saturated carbocycles. The Morgan fingerprint density at radius 1 is 1.25 bits per heavy atom. The largest absolute Gasteiger partial charge is 0.394 e. The molecule has 0 unspecified atom stereocenters. The van der Waals surface area contributed by atoms with E-state index in [0.29, 0.717) is 0 Å². The molecule has 0 amide bonds. The van der Waals surface area contributed by atoms with Crippen molar-refractivity contribution in [1.29, 1.82) is 0 Å². The van der Waals surface area contributed by atoms with Gasteiger partial charge < -0.3 is 25.2 Å². The van der Waals surface area contributed by atoms with E-state index in [1.165, 1.54) is 0 Å². The van der Waals surface area contributed by atoms with Gasteiger partial charge >= 0.3 is 0 Å². The van der Waals surface area contributed by atoms with Crippen molar-refractivity contribution in [3.63, 3.8) is 0 Å². The molecule has 1 fully saturated rings. The van der Waals surface area contributed by atoms with Gasteiger partial charge in [0.25, 0.3) is 0 Å². The average Bonchev–Trinajstić information content (AvgIpc) is 2.12. The number of hydrogen-bond donors (Lipinski definition) is 4. The molecule has 1 heterocycles. The minimum Gasteiger partial charge on any atom is -0.394 e. The summed E-state index contributed by atoms with van der Waals surface area (Å²) in [6.45, 7) is -0.974. The number of halogens is 1. The maximum Gasteiger partial charge on any atom is 0.228 e. The Kier molecular flexibility index (Phi) is 2.52. The maximum atomic E-state index is 12.7. The quantitative estimate of drug-likeness (QED) is 0.369. The summed E-state index contributed by atoms with van der Waals surface area (Å²) in [4.78, 5) is 0. The second-order valence-corrected chi connectivity index (χ2v) is 2.52. The van der Waals surface area contributed by atoms with E-state index < -0.39 is 37.4 Å². The summed E-state index contributed by atoms with van der Waals surface area (Å²) in [5.41, 5.74) is 0. The molecular formula is C6H11FO5. The van der Waals surface area contributed by atoms with E-state index >= 15 is 0 Å². The summed E-state index contributed by atoms with van der Waals surface area (Å²) in [6.07, 6.45) is -10.2. The molecule has 4 N–H and O–H groups in total. The monoisotopic (exact) mass is 183 g/mol. The van der Waals surface area contributed by atoms with Crippen LogP contribution in [0, 0.1) is 0 Å². The molecule has 5 nitrogen and oxygen atoms in total. The molecule has 6 heteroatoms. The molecule has 0 aromatic rings. The number of ether oxygens (including phenoxy) is 1. The topological polar surface area (TPSA) is 90.2 Å². The van der Waals surface area contributed by atoms with Gasteiger partial charge in [-0.05, 0) is 0 Å². The number of aliphatic hydroxyl groups excluding tert-OH is 4. The molecule has 0 aliphatic carbocycles. The summed E-state index contributed by atoms with van der Waals surface area (Å²) >= 11 is 0. The molecule has 1 aliphatic rings. The molecule has 12 heavy (non-hydrogen) atoms. The van der Waals surface area contributed by atoms with Gasteiger partial charge in [-0.1, -0.05) is 0 Å². The summed E-state index contributed by atoms with van der Waals surface area (Å²) < 4.78 is 24.1. The van der Waals surface area contributed by atoms with Crippen molar-refractivity contribution in [2.75, 3.05) is 6.61 Å². The van der Waals surface area contributed by atoms with Gasteiger partial charge in [0.2, 0.25) is 6.36 Å². The van der Waals surface area contributed by atoms with Crippen molar-refractivity contribution in [2.45, 2.75) is 30.7 Å². The first-order valence-corrected chi connectivity index (χ1v) is 3.39. The van der Waals surface area contributed by atoms with E-state index in [1.807, 2.05) is 0 Å². The number of hydrogen-bond acceptors (Lipinski definition) is 5. The van der Waals surface area contributed by atoms with E-state index in [-0.39, 0.29) is 0 Å². The van der Waals surface area contributed by atoms with Crippen molar-refractivity contribution in [1.82, 2.24) is 0 Å². The summed E-state index contributed by atoms with van der Waals surface area (Å²) in [5.74, 6) is 0. The highest BCUT2D eigenvalue weighted by Crippen LogP contribution is 2.21. The van der Waals surface area contributed by atoms with Crippen LogP contribution in [0.5, 0.6) is 0 Å². The molecule has 0 spiro atoms. The normalized spacial score (nSPS) is 56.6. The van der Waals surface area contributed by atoms with Crippen molar-refractivity contribution in [3.8, 4) is 0 Å². The van der Waals surface area contributed by atoms with Crippen molar-refractivity contribution >= 4 is 0 Å². The lowest BCUT2D eigenvalue weighted by atomic mass is 10.00. The average molecular weight is 183 g/mol. The molecule has 5 atom stereocenters. The van der Waals surface area contributed by atoms with Crippen LogP contribution in [-0.2, 0) is 4.74 Å². The zero-order chi connectivity index (χ0) is 10.2. The van der Waals surface area contributed by atoms with Crippen LogP contribution >= 0.6 is 0 Å². The van der Waals surface area contributed by atoms with E-state index in [4.69, 9.17) is 21.8 Å². The maximum absolute atomic E-state index is 12.7. The zero-order valence-electron chi connectivity index (χ0n) is 7.09. The Labute approximate surface area is 69.4 Å². The Morgan fingerprint density at radius 3 is 2.33 bits per heavy atom. The van der Waals surface area contributed by atoms with Crippen LogP contribution in [0.4, 0.5) is 4.39 Å². The SMILES string of the molecule is [2H][C@]1(CO)O[C@H](F)[C@H](O)[C@@H](O)[C@@H]1O. The van der Waals surface area contributed by atoms with Crippen LogP contribution in [0.2, 0.25) is 0 Å². The zero-order valence-corrected chi connectivity index (χ0v) is 6.09. The van der Waals surface area contributed by atoms with E-state index in [9.17, 15) is 4.39 Å². The third-order valence-corrected chi connectivity index (χ3v) is 1.69. The third-order valence-electron chi connectivity index (χ3n) is 1.69. The summed E-state index contributed by atoms with van der Waals surface area (Å²) in [5, 5.41) is 35.6. The molecule has 0 aromatic carbocycles. The lowest BCUT2D eigenvalue weighted by Gasteiger charge is -2.36. The highest BCUT2D eigenvalue weighted by Gasteiger charge is 2.43. The van der Waals surface area contributed by atoms with Gasteiger partial charge in [-0.25, -0.2) is 4.39 Å². The molecule has 72 valence electrons. The highest BCUT2D eigenvalue weighted by atomic mass is 19.1. The number of aliphatic hydroxyl groups is 4. The third kappa shape index (κ3) is 1.57. The fourth-order valence-electron chi connectivity index (χ4n) is 0.947. The molecule has 1 rings (SSSR count). The Morgan fingerprint density at radius 2 is 1.83 bits per heavy atom. The van der Waals surface area contributed by atoms with Crippen LogP contribution in [-0.4, -0.2) is 57.8 Å². The van der Waals surface area contributed by atoms with Crippen LogP contribution in [0.1, 0.15) is 1.37 Å². The van der Waals surface area contributed by atoms with Gasteiger partial charge in [0.1, 0.15) is 24.4 Å². The standard InChI is InChI=1S/C6H11FO5/c7-6-5(11)4(10)3(9)2(1-8)12-6/h2-6,8-11H,1H2/t2-,3-,4+,5-,6+/m1/s1/i2D. The minimum absolute atomic E-state index is 0.974. The first kappa shape index (κ1) is 8.33. The fraction of sp³-hybridized carbons (Fsp3) is 1.00. The lowest BCUT2D eigenvalue weighted by molar-refractivity contribution is -0.262. The van der Waals surface area contributed by atoms with Gasteiger partial charge in [-0.2, -0.15) is 0 Å². The van der Waals surface area contributed by atoms with E-state index in [1.54, 1.807) is 0 Å². The number of alkyl halides is 1. The molecule has 0 bridgehead atoms. The van der Waals surface area contributed by atoms with Gasteiger partial charge in [0.05, 0.1) is 7.98 Å². The van der Waals surface area contributed by atoms with Crippen LogP contribution in [0.15, 0.2) is 0 Å². The first-order valence-electron chi connectivity index (χ1n) is 3.89. The number of rotatable bonds is 1. The fourth-order valence-corrected chi connectivity index (χ4v) is 0.947. The summed E-state index contributed by atoms with van der Waals surface area (Å²) in [7, 11) is 0. The smallest absolute Gasteiger partial charge is 0.228 e. The van der Waals surface area contributed by atoms with Crippen molar-refractivity contribution in [3.05, 3.63) is 0 Å². The van der Waals surface area contributed by atoms with Gasteiger partial charge in [-0.3, -0.25) is 0 Å². The second kappa shape index (κ2) is 3.63. The van der Waals surface area contributed by atoms with Gasteiger partial charge in [0.15, 0.2) is 0 Å². The van der Waals surface area contributed by atoms with Crippen molar-refractivity contribution < 1.29 is 30.9 Å². The molecule has 0 aromatic heterocycles. The lowest BCUT2D eigenvalue weighted by Crippen LogP contribution is -2.57. The molecule has 1 aliphatic heterocycles. The predicted octanol–water partition coefficient (Wildman–Crippen LogP) is -2.24. The minimum atomic E-state index is -2.32. The Bertz CT molecular complexity index is 194. The highest BCUT2D eigenvalue weighted by molar-refractivity contribution is 4.88. The van der Waals surface area contributed by atoms with Crippen molar-refractivity contribution in [2.24, 2.45) is 0 Å². The van der Waals surface area contributed by atoms with Crippen LogP contribution in [0.25, 0.3) is 0 Å². The first-order chi connectivity index (χ1) is 5.92. The van der Waals surface area contributed by atoms with Gasteiger partial charge in [0, 0.05) is 0 Å². The van der Waals surface area contributed by atoms with E-state index in [2.05, 4.69) is 4.74 Å². The van der Waals surface area contributed by atoms with Crippen LogP contribution in [0.3, 0.4) is 0 Å². The molecule has 1 saturated heterocycles. The molecular weight excluding hydrogens is 171 g/mol. The van der Waals surface area contributed by atoms with Crippen LogP contribution < -0.4 is 0 Å². The summed E-state index contributed by atoms with van der Waals surface area (Å²) in [6, 6.07) is 0. The second-order valence-electron chi connectivity index (χ2n) is 2.52. The van der Waals surface area contributed by atoms with E-state index in [0.717, 1.165) is 0 Å². The molecule has 0 radical (unpaired) electrons.